The first kappa shape index (κ1) is 25.7. The van der Waals surface area contributed by atoms with Crippen LogP contribution in [0.5, 0.6) is 0 Å². The molecule has 1 heterocycles. The molecule has 1 aromatic heterocycles. The molecule has 0 atom stereocenters. The third-order valence-electron chi connectivity index (χ3n) is 4.83. The summed E-state index contributed by atoms with van der Waals surface area (Å²) in [5, 5.41) is 19.7. The van der Waals surface area contributed by atoms with E-state index in [2.05, 4.69) is 15.7 Å². The number of aromatic nitrogens is 2. The molecule has 182 valence electrons. The molecule has 3 N–H and O–H groups in total. The Bertz CT molecular complexity index is 1350. The van der Waals surface area contributed by atoms with Crippen LogP contribution in [0.2, 0.25) is 5.02 Å². The van der Waals surface area contributed by atoms with Crippen LogP contribution in [-0.4, -0.2) is 36.7 Å². The molecule has 0 radical (unpaired) electrons. The van der Waals surface area contributed by atoms with Gasteiger partial charge in [-0.05, 0) is 42.8 Å². The van der Waals surface area contributed by atoms with Gasteiger partial charge in [0, 0.05) is 11.6 Å². The van der Waals surface area contributed by atoms with E-state index < -0.39 is 16.1 Å². The lowest BCUT2D eigenvalue weighted by atomic mass is 10.2. The quantitative estimate of drug-likeness (QED) is 0.373. The number of amides is 3. The van der Waals surface area contributed by atoms with Gasteiger partial charge in [-0.2, -0.15) is 10.4 Å². The highest BCUT2D eigenvalue weighted by Crippen LogP contribution is 2.24. The van der Waals surface area contributed by atoms with Crippen molar-refractivity contribution < 1.29 is 18.0 Å². The van der Waals surface area contributed by atoms with Crippen LogP contribution < -0.4 is 15.4 Å². The van der Waals surface area contributed by atoms with E-state index in [9.17, 15) is 23.3 Å². The summed E-state index contributed by atoms with van der Waals surface area (Å²) >= 11 is 5.79. The number of sulfonamides is 1. The maximum Gasteiger partial charge on any atom is 0.334 e. The number of benzene rings is 2. The summed E-state index contributed by atoms with van der Waals surface area (Å²) in [4.78, 5) is 24.8. The maximum atomic E-state index is 12.7. The molecule has 3 amide bonds. The van der Waals surface area contributed by atoms with Gasteiger partial charge >= 0.3 is 6.03 Å². The molecule has 0 spiro atoms. The van der Waals surface area contributed by atoms with Gasteiger partial charge in [0.2, 0.25) is 5.91 Å². The van der Waals surface area contributed by atoms with Crippen molar-refractivity contribution in [1.82, 2.24) is 19.8 Å². The van der Waals surface area contributed by atoms with E-state index in [1.54, 1.807) is 30.3 Å². The highest BCUT2D eigenvalue weighted by molar-refractivity contribution is 7.90. The Labute approximate surface area is 208 Å². The number of unbranched alkanes of at least 4 members (excludes halogenated alkanes) is 1. The first-order valence-electron chi connectivity index (χ1n) is 10.7. The third-order valence-corrected chi connectivity index (χ3v) is 6.43. The molecule has 0 fully saturated rings. The normalized spacial score (nSPS) is 10.9. The van der Waals surface area contributed by atoms with Crippen molar-refractivity contribution in [3.63, 3.8) is 0 Å². The van der Waals surface area contributed by atoms with Gasteiger partial charge in [-0.3, -0.25) is 10.1 Å². The van der Waals surface area contributed by atoms with Crippen LogP contribution in [0, 0.1) is 11.3 Å². The average molecular weight is 515 g/mol. The Morgan fingerprint density at radius 1 is 1.11 bits per heavy atom. The zero-order chi connectivity index (χ0) is 25.4. The number of halogens is 1. The molecule has 0 aliphatic rings. The maximum absolute atomic E-state index is 12.7. The van der Waals surface area contributed by atoms with Crippen LogP contribution in [0.4, 0.5) is 10.6 Å². The van der Waals surface area contributed by atoms with Crippen LogP contribution in [0.15, 0.2) is 59.5 Å². The van der Waals surface area contributed by atoms with E-state index in [4.69, 9.17) is 11.6 Å². The average Bonchev–Trinajstić information content (AvgIpc) is 3.16. The molecule has 35 heavy (non-hydrogen) atoms. The lowest BCUT2D eigenvalue weighted by molar-refractivity contribution is -0.120. The fourth-order valence-corrected chi connectivity index (χ4v) is 4.16. The van der Waals surface area contributed by atoms with Crippen molar-refractivity contribution >= 4 is 39.4 Å². The number of nitrogens with one attached hydrogen (secondary N) is 3. The number of anilines is 1. The van der Waals surface area contributed by atoms with E-state index >= 15 is 0 Å². The number of nitrogens with zero attached hydrogens (tertiary/aromatic N) is 3. The number of nitriles is 1. The number of hydrogen-bond donors (Lipinski definition) is 3. The summed E-state index contributed by atoms with van der Waals surface area (Å²) < 4.78 is 28.3. The minimum atomic E-state index is -4.22. The zero-order valence-corrected chi connectivity index (χ0v) is 20.4. The van der Waals surface area contributed by atoms with E-state index in [0.717, 1.165) is 12.8 Å². The number of rotatable bonds is 9. The summed E-state index contributed by atoms with van der Waals surface area (Å²) in [5.41, 5.74) is 0.581. The van der Waals surface area contributed by atoms with Crippen molar-refractivity contribution in [2.45, 2.75) is 31.1 Å². The van der Waals surface area contributed by atoms with Crippen molar-refractivity contribution in [1.29, 1.82) is 5.26 Å². The van der Waals surface area contributed by atoms with Gasteiger partial charge in [-0.15, -0.1) is 0 Å². The molecular weight excluding hydrogens is 492 g/mol. The van der Waals surface area contributed by atoms with Crippen LogP contribution in [0.25, 0.3) is 5.69 Å². The molecule has 0 saturated carbocycles. The van der Waals surface area contributed by atoms with Crippen molar-refractivity contribution in [3.05, 3.63) is 70.9 Å². The van der Waals surface area contributed by atoms with E-state index in [1.165, 1.54) is 28.9 Å². The van der Waals surface area contributed by atoms with Gasteiger partial charge in [-0.1, -0.05) is 43.1 Å². The summed E-state index contributed by atoms with van der Waals surface area (Å²) in [6.45, 7) is 2.49. The molecule has 12 heteroatoms. The lowest BCUT2D eigenvalue weighted by Crippen LogP contribution is -2.35. The number of carbonyl (C=O) groups is 2. The first-order valence-corrected chi connectivity index (χ1v) is 12.5. The Hall–Kier alpha value is -3.88. The van der Waals surface area contributed by atoms with E-state index in [1.807, 2.05) is 17.7 Å². The molecule has 0 saturated heterocycles. The molecule has 0 aliphatic heterocycles. The van der Waals surface area contributed by atoms with Crippen LogP contribution >= 0.6 is 11.6 Å². The number of para-hydroxylation sites is 1. The second-order valence-electron chi connectivity index (χ2n) is 7.42. The number of hydrogen-bond acceptors (Lipinski definition) is 6. The number of urea groups is 1. The SMILES string of the molecule is CCCCNC(=O)Cc1nn(-c2ccccc2)c(NC(=O)NS(=O)(=O)c2ccc(Cl)cc2)c1C#N. The predicted octanol–water partition coefficient (Wildman–Crippen LogP) is 3.37. The first-order chi connectivity index (χ1) is 16.7. The van der Waals surface area contributed by atoms with E-state index in [0.29, 0.717) is 17.3 Å². The van der Waals surface area contributed by atoms with Gasteiger partial charge in [0.25, 0.3) is 10.0 Å². The Morgan fingerprint density at radius 2 is 1.80 bits per heavy atom. The van der Waals surface area contributed by atoms with Crippen LogP contribution in [-0.2, 0) is 21.2 Å². The van der Waals surface area contributed by atoms with Crippen molar-refractivity contribution in [2.75, 3.05) is 11.9 Å². The highest BCUT2D eigenvalue weighted by Gasteiger charge is 2.24. The molecule has 0 bridgehead atoms. The van der Waals surface area contributed by atoms with Crippen LogP contribution in [0.1, 0.15) is 31.0 Å². The third kappa shape index (κ3) is 6.59. The molecule has 3 aromatic rings. The minimum absolute atomic E-state index is 0.0569. The standard InChI is InChI=1S/C23H23ClN6O4S/c1-2-3-13-26-21(31)14-20-19(15-25)22(30(28-20)17-7-5-4-6-8-17)27-23(32)29-35(33,34)18-11-9-16(24)10-12-18/h4-12H,2-3,13-14H2,1H3,(H,26,31)(H2,27,29,32). The Kier molecular flexibility index (Phi) is 8.46. The summed E-state index contributed by atoms with van der Waals surface area (Å²) in [5.74, 6) is -0.396. The second kappa shape index (κ2) is 11.5. The Morgan fingerprint density at radius 3 is 2.43 bits per heavy atom. The molecule has 2 aromatic carbocycles. The predicted molar refractivity (Wildman–Crippen MR) is 131 cm³/mol. The molecule has 0 aliphatic carbocycles. The molecule has 0 unspecified atom stereocenters. The molecule has 10 nitrogen and oxygen atoms in total. The van der Waals surface area contributed by atoms with Crippen molar-refractivity contribution in [2.24, 2.45) is 0 Å². The van der Waals surface area contributed by atoms with Gasteiger partial charge < -0.3 is 5.32 Å². The smallest absolute Gasteiger partial charge is 0.334 e. The summed E-state index contributed by atoms with van der Waals surface area (Å²) in [7, 11) is -4.22. The molecular formula is C23H23ClN6O4S. The topological polar surface area (TPSA) is 146 Å². The molecule has 3 rings (SSSR count). The number of carbonyl (C=O) groups excluding carboxylic acids is 2. The van der Waals surface area contributed by atoms with Crippen molar-refractivity contribution in [3.8, 4) is 11.8 Å². The fraction of sp³-hybridized carbons (Fsp3) is 0.217. The lowest BCUT2D eigenvalue weighted by Gasteiger charge is -2.11. The second-order valence-corrected chi connectivity index (χ2v) is 9.54. The van der Waals surface area contributed by atoms with Gasteiger partial charge in [-0.25, -0.2) is 22.6 Å². The van der Waals surface area contributed by atoms with Crippen LogP contribution in [0.3, 0.4) is 0 Å². The fourth-order valence-electron chi connectivity index (χ4n) is 3.12. The van der Waals surface area contributed by atoms with E-state index in [-0.39, 0.29) is 34.3 Å². The monoisotopic (exact) mass is 514 g/mol. The minimum Gasteiger partial charge on any atom is -0.356 e. The van der Waals surface area contributed by atoms with Gasteiger partial charge in [0.15, 0.2) is 5.82 Å². The largest absolute Gasteiger partial charge is 0.356 e. The van der Waals surface area contributed by atoms with Gasteiger partial charge in [0.05, 0.1) is 22.7 Å². The zero-order valence-electron chi connectivity index (χ0n) is 18.8. The Balaban J connectivity index is 1.91. The highest BCUT2D eigenvalue weighted by atomic mass is 35.5. The summed E-state index contributed by atoms with van der Waals surface area (Å²) in [6.07, 6.45) is 1.53. The van der Waals surface area contributed by atoms with Gasteiger partial charge in [0.1, 0.15) is 11.6 Å². The summed E-state index contributed by atoms with van der Waals surface area (Å²) in [6, 6.07) is 14.7.